The zero-order valence-corrected chi connectivity index (χ0v) is 21.5. The van der Waals surface area contributed by atoms with E-state index in [-0.39, 0.29) is 11.8 Å². The molecule has 3 aromatic rings. The molecule has 0 atom stereocenters. The lowest BCUT2D eigenvalue weighted by molar-refractivity contribution is 0.0880. The van der Waals surface area contributed by atoms with E-state index in [1.165, 1.54) is 6.07 Å². The molecule has 9 nitrogen and oxygen atoms in total. The number of phenols is 1. The molecule has 1 amide bonds. The number of rotatable bonds is 9. The predicted octanol–water partition coefficient (Wildman–Crippen LogP) is 5.06. The van der Waals surface area contributed by atoms with Crippen molar-refractivity contribution >= 4 is 14.2 Å². The topological polar surface area (TPSA) is 111 Å². The van der Waals surface area contributed by atoms with E-state index in [0.29, 0.717) is 36.0 Å². The molecular formula is C25H33N5O4Si. The molecule has 2 aromatic heterocycles. The SMILES string of the molecule is C[Si](C)(C)CCOCn1cnnc1-c1cncc(-c2cc(OC(=O)NC3CCCC3)ccc2O)c1. The number of amides is 1. The number of nitrogens with zero attached hydrogens (tertiary/aromatic N) is 4. The molecule has 2 heterocycles. The first-order valence-electron chi connectivity index (χ1n) is 12.0. The van der Waals surface area contributed by atoms with Gasteiger partial charge in [-0.2, -0.15) is 0 Å². The van der Waals surface area contributed by atoms with E-state index in [1.54, 1.807) is 30.9 Å². The molecule has 1 aliphatic carbocycles. The molecule has 186 valence electrons. The van der Waals surface area contributed by atoms with Crippen molar-refractivity contribution in [2.24, 2.45) is 0 Å². The van der Waals surface area contributed by atoms with Gasteiger partial charge >= 0.3 is 6.09 Å². The number of carbonyl (C=O) groups excluding carboxylic acids is 1. The molecule has 35 heavy (non-hydrogen) atoms. The highest BCUT2D eigenvalue weighted by atomic mass is 28.3. The molecule has 1 aliphatic rings. The first-order valence-corrected chi connectivity index (χ1v) is 15.7. The van der Waals surface area contributed by atoms with Gasteiger partial charge in [0.2, 0.25) is 0 Å². The highest BCUT2D eigenvalue weighted by molar-refractivity contribution is 6.76. The van der Waals surface area contributed by atoms with E-state index >= 15 is 0 Å². The monoisotopic (exact) mass is 495 g/mol. The smallest absolute Gasteiger partial charge is 0.412 e. The highest BCUT2D eigenvalue weighted by Gasteiger charge is 2.19. The molecule has 1 fully saturated rings. The van der Waals surface area contributed by atoms with Crippen LogP contribution in [0.2, 0.25) is 25.7 Å². The van der Waals surface area contributed by atoms with Gasteiger partial charge in [0.25, 0.3) is 0 Å². The molecule has 4 rings (SSSR count). The normalized spacial score (nSPS) is 14.3. The van der Waals surface area contributed by atoms with E-state index in [9.17, 15) is 9.90 Å². The molecule has 0 unspecified atom stereocenters. The van der Waals surface area contributed by atoms with Crippen LogP contribution >= 0.6 is 0 Å². The second-order valence-corrected chi connectivity index (χ2v) is 15.8. The lowest BCUT2D eigenvalue weighted by atomic mass is 10.0. The highest BCUT2D eigenvalue weighted by Crippen LogP contribution is 2.34. The van der Waals surface area contributed by atoms with Crippen molar-refractivity contribution < 1.29 is 19.4 Å². The van der Waals surface area contributed by atoms with Crippen LogP contribution < -0.4 is 10.1 Å². The van der Waals surface area contributed by atoms with Crippen LogP contribution in [0.15, 0.2) is 43.0 Å². The Kier molecular flexibility index (Phi) is 7.82. The van der Waals surface area contributed by atoms with Crippen molar-refractivity contribution in [3.05, 3.63) is 43.0 Å². The van der Waals surface area contributed by atoms with Gasteiger partial charge in [0.1, 0.15) is 24.6 Å². The summed E-state index contributed by atoms with van der Waals surface area (Å²) >= 11 is 0. The van der Waals surface area contributed by atoms with Crippen molar-refractivity contribution in [3.63, 3.8) is 0 Å². The van der Waals surface area contributed by atoms with E-state index < -0.39 is 14.2 Å². The standard InChI is InChI=1S/C25H33N5O4Si/c1-35(2,3)11-10-33-17-30-16-27-29-24(30)19-12-18(14-26-15-19)22-13-21(8-9-23(22)31)34-25(32)28-20-6-4-5-7-20/h8-9,12-16,20,31H,4-7,10-11,17H2,1-3H3,(H,28,32). The summed E-state index contributed by atoms with van der Waals surface area (Å²) in [7, 11) is -1.17. The van der Waals surface area contributed by atoms with E-state index in [2.05, 4.69) is 40.1 Å². The zero-order chi connectivity index (χ0) is 24.8. The van der Waals surface area contributed by atoms with Crippen LogP contribution in [0, 0.1) is 0 Å². The van der Waals surface area contributed by atoms with Gasteiger partial charge in [-0.1, -0.05) is 32.5 Å². The largest absolute Gasteiger partial charge is 0.507 e. The lowest BCUT2D eigenvalue weighted by Crippen LogP contribution is -2.34. The average Bonchev–Trinajstić information content (AvgIpc) is 3.49. The second-order valence-electron chi connectivity index (χ2n) is 10.1. The first kappa shape index (κ1) is 24.9. The fourth-order valence-corrected chi connectivity index (χ4v) is 4.76. The summed E-state index contributed by atoms with van der Waals surface area (Å²) < 4.78 is 13.2. The molecule has 0 bridgehead atoms. The Morgan fingerprint density at radius 3 is 2.71 bits per heavy atom. The van der Waals surface area contributed by atoms with Crippen LogP contribution in [0.5, 0.6) is 11.5 Å². The number of aromatic nitrogens is 4. The van der Waals surface area contributed by atoms with Crippen LogP contribution in [-0.2, 0) is 11.5 Å². The summed E-state index contributed by atoms with van der Waals surface area (Å²) in [5, 5.41) is 21.7. The van der Waals surface area contributed by atoms with E-state index in [0.717, 1.165) is 37.3 Å². The van der Waals surface area contributed by atoms with Gasteiger partial charge in [-0.3, -0.25) is 9.55 Å². The van der Waals surface area contributed by atoms with Crippen molar-refractivity contribution in [1.29, 1.82) is 0 Å². The minimum atomic E-state index is -1.17. The van der Waals surface area contributed by atoms with Crippen molar-refractivity contribution in [2.45, 2.75) is 64.1 Å². The van der Waals surface area contributed by atoms with Crippen molar-refractivity contribution in [1.82, 2.24) is 25.1 Å². The number of nitrogens with one attached hydrogen (secondary N) is 1. The predicted molar refractivity (Wildman–Crippen MR) is 136 cm³/mol. The van der Waals surface area contributed by atoms with Crippen LogP contribution in [0.4, 0.5) is 4.79 Å². The Morgan fingerprint density at radius 1 is 1.17 bits per heavy atom. The Balaban J connectivity index is 1.48. The number of ether oxygens (including phenoxy) is 2. The number of benzene rings is 1. The summed E-state index contributed by atoms with van der Waals surface area (Å²) in [5.74, 6) is 1.02. The van der Waals surface area contributed by atoms with Gasteiger partial charge in [0, 0.05) is 49.8 Å². The van der Waals surface area contributed by atoms with Crippen molar-refractivity contribution in [2.75, 3.05) is 6.61 Å². The van der Waals surface area contributed by atoms with Crippen LogP contribution in [0.3, 0.4) is 0 Å². The van der Waals surface area contributed by atoms with Gasteiger partial charge in [-0.15, -0.1) is 10.2 Å². The molecule has 0 radical (unpaired) electrons. The van der Waals surface area contributed by atoms with Gasteiger partial charge in [-0.05, 0) is 43.2 Å². The summed E-state index contributed by atoms with van der Waals surface area (Å²) in [6, 6.07) is 7.82. The first-order chi connectivity index (χ1) is 16.8. The van der Waals surface area contributed by atoms with Gasteiger partial charge in [0.15, 0.2) is 5.82 Å². The Hall–Kier alpha value is -3.24. The molecular weight excluding hydrogens is 462 g/mol. The molecule has 2 N–H and O–H groups in total. The maximum Gasteiger partial charge on any atom is 0.412 e. The number of hydrogen-bond acceptors (Lipinski definition) is 7. The fraction of sp³-hybridized carbons (Fsp3) is 0.440. The number of aromatic hydroxyl groups is 1. The molecule has 10 heteroatoms. The Bertz CT molecular complexity index is 1150. The van der Waals surface area contributed by atoms with Crippen LogP contribution in [0.1, 0.15) is 25.7 Å². The summed E-state index contributed by atoms with van der Waals surface area (Å²) in [6.07, 6.45) is 8.68. The lowest BCUT2D eigenvalue weighted by Gasteiger charge is -2.16. The Morgan fingerprint density at radius 2 is 1.94 bits per heavy atom. The molecule has 0 aliphatic heterocycles. The minimum absolute atomic E-state index is 0.0589. The number of pyridine rings is 1. The third-order valence-corrected chi connectivity index (χ3v) is 7.71. The van der Waals surface area contributed by atoms with Crippen LogP contribution in [0.25, 0.3) is 22.5 Å². The van der Waals surface area contributed by atoms with Crippen LogP contribution in [-0.4, -0.2) is 51.7 Å². The Labute approximate surface area is 206 Å². The molecule has 0 spiro atoms. The fourth-order valence-electron chi connectivity index (χ4n) is 4.01. The molecule has 1 aromatic carbocycles. The van der Waals surface area contributed by atoms with Crippen molar-refractivity contribution in [3.8, 4) is 34.0 Å². The second kappa shape index (κ2) is 11.0. The van der Waals surface area contributed by atoms with Gasteiger partial charge in [-0.25, -0.2) is 4.79 Å². The summed E-state index contributed by atoms with van der Waals surface area (Å²) in [4.78, 5) is 16.6. The zero-order valence-electron chi connectivity index (χ0n) is 20.5. The minimum Gasteiger partial charge on any atom is -0.507 e. The third kappa shape index (κ3) is 6.89. The maximum atomic E-state index is 12.3. The molecule has 0 saturated heterocycles. The number of hydrogen-bond donors (Lipinski definition) is 2. The average molecular weight is 496 g/mol. The van der Waals surface area contributed by atoms with Gasteiger partial charge in [0.05, 0.1) is 0 Å². The quantitative estimate of drug-likeness (QED) is 0.315. The van der Waals surface area contributed by atoms with E-state index in [4.69, 9.17) is 9.47 Å². The van der Waals surface area contributed by atoms with E-state index in [1.807, 2.05) is 10.6 Å². The third-order valence-electron chi connectivity index (χ3n) is 6.01. The molecule has 1 saturated carbocycles. The number of phenolic OH excluding ortho intramolecular Hbond substituents is 1. The summed E-state index contributed by atoms with van der Waals surface area (Å²) in [5.41, 5.74) is 1.90. The number of carbonyl (C=O) groups is 1. The van der Waals surface area contributed by atoms with Gasteiger partial charge < -0.3 is 19.9 Å². The maximum absolute atomic E-state index is 12.3. The summed E-state index contributed by atoms with van der Waals surface area (Å²) in [6.45, 7) is 7.99.